The maximum absolute atomic E-state index is 12.7. The molecule has 3 rings (SSSR count). The molecule has 0 aliphatic heterocycles. The third-order valence-corrected chi connectivity index (χ3v) is 5.93. The number of H-pyrrole nitrogens is 1. The molecule has 1 aliphatic carbocycles. The Morgan fingerprint density at radius 1 is 1.33 bits per heavy atom. The highest BCUT2D eigenvalue weighted by Gasteiger charge is 2.33. The summed E-state index contributed by atoms with van der Waals surface area (Å²) >= 11 is -1.58. The molecule has 2 aromatic rings. The van der Waals surface area contributed by atoms with Crippen LogP contribution in [-0.2, 0) is 15.3 Å². The van der Waals surface area contributed by atoms with E-state index in [1.807, 2.05) is 18.2 Å². The van der Waals surface area contributed by atoms with Crippen molar-refractivity contribution < 1.29 is 13.1 Å². The van der Waals surface area contributed by atoms with Gasteiger partial charge in [0.05, 0.1) is 24.2 Å². The van der Waals surface area contributed by atoms with E-state index in [4.69, 9.17) is 8.92 Å². The van der Waals surface area contributed by atoms with Gasteiger partial charge in [0.15, 0.2) is 0 Å². The van der Waals surface area contributed by atoms with Crippen LogP contribution in [0.25, 0.3) is 11.0 Å². The summed E-state index contributed by atoms with van der Waals surface area (Å²) < 4.78 is 23.8. The molecule has 1 aromatic heterocycles. The lowest BCUT2D eigenvalue weighted by atomic mass is 9.75. The van der Waals surface area contributed by atoms with Gasteiger partial charge in [-0.2, -0.15) is 0 Å². The molecule has 0 amide bonds. The summed E-state index contributed by atoms with van der Waals surface area (Å²) in [6.45, 7) is 6.67. The first-order valence-electron chi connectivity index (χ1n) is 8.60. The third-order valence-electron chi connectivity index (χ3n) is 5.00. The molecular formula is C18H26N2O3S. The number of rotatable bonds is 5. The van der Waals surface area contributed by atoms with Crippen LogP contribution in [0.3, 0.4) is 0 Å². The molecule has 4 atom stereocenters. The van der Waals surface area contributed by atoms with Gasteiger partial charge < -0.3 is 9.72 Å². The molecule has 1 fully saturated rings. The van der Waals surface area contributed by atoms with E-state index in [9.17, 15) is 4.21 Å². The average molecular weight is 350 g/mol. The van der Waals surface area contributed by atoms with Gasteiger partial charge in [0, 0.05) is 6.07 Å². The molecule has 6 heteroatoms. The SMILES string of the molecule is COc1ccc2nc(S(=O)O[C@@H]3C[C@H](C)CC[C@H]3C(C)C)[nH]c2c1. The van der Waals surface area contributed by atoms with Crippen LogP contribution in [-0.4, -0.2) is 27.4 Å². The number of aromatic amines is 1. The van der Waals surface area contributed by atoms with Crippen molar-refractivity contribution in [2.24, 2.45) is 17.8 Å². The van der Waals surface area contributed by atoms with Gasteiger partial charge in [0.1, 0.15) is 5.75 Å². The molecule has 1 heterocycles. The van der Waals surface area contributed by atoms with Crippen molar-refractivity contribution in [1.29, 1.82) is 0 Å². The fraction of sp³-hybridized carbons (Fsp3) is 0.611. The van der Waals surface area contributed by atoms with Gasteiger partial charge in [0.25, 0.3) is 0 Å². The Labute approximate surface area is 145 Å². The van der Waals surface area contributed by atoms with Gasteiger partial charge in [-0.25, -0.2) is 9.19 Å². The van der Waals surface area contributed by atoms with E-state index in [2.05, 4.69) is 30.7 Å². The average Bonchev–Trinajstić information content (AvgIpc) is 2.97. The number of hydrogen-bond acceptors (Lipinski definition) is 4. The highest BCUT2D eigenvalue weighted by atomic mass is 32.2. The summed E-state index contributed by atoms with van der Waals surface area (Å²) in [4.78, 5) is 7.50. The predicted octanol–water partition coefficient (Wildman–Crippen LogP) is 4.07. The van der Waals surface area contributed by atoms with Gasteiger partial charge in [-0.15, -0.1) is 0 Å². The number of aromatic nitrogens is 2. The number of nitrogens with zero attached hydrogens (tertiary/aromatic N) is 1. The lowest BCUT2D eigenvalue weighted by molar-refractivity contribution is 0.0563. The largest absolute Gasteiger partial charge is 0.497 e. The Kier molecular flexibility index (Phi) is 5.25. The summed E-state index contributed by atoms with van der Waals surface area (Å²) in [7, 11) is 1.62. The van der Waals surface area contributed by atoms with E-state index in [-0.39, 0.29) is 6.10 Å². The maximum atomic E-state index is 12.7. The summed E-state index contributed by atoms with van der Waals surface area (Å²) in [6, 6.07) is 5.54. The molecule has 24 heavy (non-hydrogen) atoms. The number of nitrogens with one attached hydrogen (secondary N) is 1. The normalized spacial score (nSPS) is 26.0. The van der Waals surface area contributed by atoms with E-state index in [0.29, 0.717) is 22.9 Å². The molecule has 0 spiro atoms. The standard InChI is InChI=1S/C18H26N2O3S/c1-11(2)14-7-5-12(3)9-17(14)23-24(21)18-19-15-8-6-13(22-4)10-16(15)20-18/h6,8,10-12,14,17H,5,7,9H2,1-4H3,(H,19,20)/t12-,14+,17-,24?/m1/s1. The van der Waals surface area contributed by atoms with Crippen LogP contribution < -0.4 is 4.74 Å². The van der Waals surface area contributed by atoms with E-state index < -0.39 is 11.1 Å². The van der Waals surface area contributed by atoms with Gasteiger partial charge in [-0.1, -0.05) is 27.2 Å². The molecule has 0 saturated heterocycles. The van der Waals surface area contributed by atoms with Crippen molar-refractivity contribution in [3.63, 3.8) is 0 Å². The molecule has 1 aliphatic rings. The summed E-state index contributed by atoms with van der Waals surface area (Å²) in [5.41, 5.74) is 1.57. The maximum Gasteiger partial charge on any atom is 0.226 e. The lowest BCUT2D eigenvalue weighted by Gasteiger charge is -2.36. The molecule has 1 unspecified atom stereocenters. The topological polar surface area (TPSA) is 64.2 Å². The third kappa shape index (κ3) is 3.64. The predicted molar refractivity (Wildman–Crippen MR) is 95.3 cm³/mol. The molecule has 1 saturated carbocycles. The Morgan fingerprint density at radius 2 is 2.12 bits per heavy atom. The second-order valence-corrected chi connectivity index (χ2v) is 8.17. The van der Waals surface area contributed by atoms with Crippen molar-refractivity contribution in [1.82, 2.24) is 9.97 Å². The zero-order valence-corrected chi connectivity index (χ0v) is 15.6. The van der Waals surface area contributed by atoms with E-state index in [1.165, 1.54) is 6.42 Å². The number of benzene rings is 1. The first-order valence-corrected chi connectivity index (χ1v) is 9.68. The van der Waals surface area contributed by atoms with Crippen molar-refractivity contribution in [3.8, 4) is 5.75 Å². The Morgan fingerprint density at radius 3 is 2.83 bits per heavy atom. The number of hydrogen-bond donors (Lipinski definition) is 1. The molecule has 132 valence electrons. The molecule has 5 nitrogen and oxygen atoms in total. The fourth-order valence-corrected chi connectivity index (χ4v) is 4.46. The highest BCUT2D eigenvalue weighted by molar-refractivity contribution is 7.80. The number of imidazole rings is 1. The van der Waals surface area contributed by atoms with Crippen molar-refractivity contribution in [2.75, 3.05) is 7.11 Å². The number of ether oxygens (including phenoxy) is 1. The second kappa shape index (κ2) is 7.23. The Balaban J connectivity index is 1.78. The minimum absolute atomic E-state index is 0.0253. The monoisotopic (exact) mass is 350 g/mol. The Bertz CT molecular complexity index is 728. The van der Waals surface area contributed by atoms with E-state index in [0.717, 1.165) is 29.6 Å². The zero-order chi connectivity index (χ0) is 17.3. The van der Waals surface area contributed by atoms with E-state index >= 15 is 0 Å². The molecule has 0 radical (unpaired) electrons. The van der Waals surface area contributed by atoms with Crippen molar-refractivity contribution in [2.45, 2.75) is 51.3 Å². The van der Waals surface area contributed by atoms with Crippen LogP contribution in [0.1, 0.15) is 40.0 Å². The first-order chi connectivity index (χ1) is 11.5. The van der Waals surface area contributed by atoms with Gasteiger partial charge >= 0.3 is 0 Å². The molecule has 0 bridgehead atoms. The summed E-state index contributed by atoms with van der Waals surface area (Å²) in [5, 5.41) is 0.374. The minimum Gasteiger partial charge on any atom is -0.497 e. The second-order valence-electron chi connectivity index (χ2n) is 7.12. The van der Waals surface area contributed by atoms with Crippen LogP contribution in [0.2, 0.25) is 0 Å². The van der Waals surface area contributed by atoms with E-state index in [1.54, 1.807) is 7.11 Å². The van der Waals surface area contributed by atoms with Crippen LogP contribution in [0.4, 0.5) is 0 Å². The minimum atomic E-state index is -1.58. The summed E-state index contributed by atoms with van der Waals surface area (Å²) in [6.07, 6.45) is 3.35. The smallest absolute Gasteiger partial charge is 0.226 e. The number of fused-ring (bicyclic) bond motifs is 1. The first kappa shape index (κ1) is 17.4. The summed E-state index contributed by atoms with van der Waals surface area (Å²) in [5.74, 6) is 2.33. The number of methoxy groups -OCH3 is 1. The van der Waals surface area contributed by atoms with Crippen molar-refractivity contribution in [3.05, 3.63) is 18.2 Å². The van der Waals surface area contributed by atoms with Crippen LogP contribution in [0.5, 0.6) is 5.75 Å². The highest BCUT2D eigenvalue weighted by Crippen LogP contribution is 2.36. The van der Waals surface area contributed by atoms with Crippen molar-refractivity contribution >= 4 is 22.1 Å². The molecule has 1 N–H and O–H groups in total. The van der Waals surface area contributed by atoms with Gasteiger partial charge in [-0.05, 0) is 42.7 Å². The van der Waals surface area contributed by atoms with Crippen LogP contribution >= 0.6 is 0 Å². The van der Waals surface area contributed by atoms with Gasteiger partial charge in [0.2, 0.25) is 16.2 Å². The Hall–Kier alpha value is -1.40. The quantitative estimate of drug-likeness (QED) is 0.883. The lowest BCUT2D eigenvalue weighted by Crippen LogP contribution is -2.34. The molecule has 1 aromatic carbocycles. The van der Waals surface area contributed by atoms with Crippen LogP contribution in [0.15, 0.2) is 23.4 Å². The molecular weight excluding hydrogens is 324 g/mol. The van der Waals surface area contributed by atoms with Crippen LogP contribution in [0, 0.1) is 17.8 Å². The fourth-order valence-electron chi connectivity index (χ4n) is 3.55. The van der Waals surface area contributed by atoms with Gasteiger partial charge in [-0.3, -0.25) is 4.18 Å². The zero-order valence-electron chi connectivity index (χ0n) is 14.7.